The highest BCUT2D eigenvalue weighted by Gasteiger charge is 2.30. The first kappa shape index (κ1) is 24.1. The van der Waals surface area contributed by atoms with E-state index in [1.807, 2.05) is 43.3 Å². The quantitative estimate of drug-likeness (QED) is 0.376. The number of anilines is 2. The molecule has 4 aromatic carbocycles. The summed E-state index contributed by atoms with van der Waals surface area (Å²) in [6, 6.07) is 24.5. The second kappa shape index (κ2) is 10.1. The maximum atomic E-state index is 13.7. The van der Waals surface area contributed by atoms with Gasteiger partial charge in [0.15, 0.2) is 0 Å². The molecule has 0 aliphatic carbocycles. The van der Waals surface area contributed by atoms with E-state index in [0.717, 1.165) is 20.6 Å². The van der Waals surface area contributed by atoms with Gasteiger partial charge in [0.2, 0.25) is 5.91 Å². The van der Waals surface area contributed by atoms with Gasteiger partial charge in [-0.25, -0.2) is 8.42 Å². The van der Waals surface area contributed by atoms with Gasteiger partial charge in [-0.1, -0.05) is 54.1 Å². The fourth-order valence-electron chi connectivity index (χ4n) is 3.78. The lowest BCUT2D eigenvalue weighted by atomic mass is 10.1. The fraction of sp³-hybridized carbons (Fsp3) is 0.148. The molecular formula is C27H26N2O5S. The summed E-state index contributed by atoms with van der Waals surface area (Å²) < 4.78 is 39.2. The lowest BCUT2D eigenvalue weighted by molar-refractivity contribution is -0.114. The Labute approximate surface area is 205 Å². The summed E-state index contributed by atoms with van der Waals surface area (Å²) in [5.41, 5.74) is 1.75. The molecule has 0 aromatic heterocycles. The van der Waals surface area contributed by atoms with E-state index in [9.17, 15) is 13.2 Å². The summed E-state index contributed by atoms with van der Waals surface area (Å²) in [4.78, 5) is 13.3. The molecule has 180 valence electrons. The summed E-state index contributed by atoms with van der Waals surface area (Å²) in [5, 5.41) is 4.69. The van der Waals surface area contributed by atoms with Crippen LogP contribution >= 0.6 is 0 Å². The number of methoxy groups -OCH3 is 2. The summed E-state index contributed by atoms with van der Waals surface area (Å²) in [6.07, 6.45) is 0. The van der Waals surface area contributed by atoms with Crippen LogP contribution in [0.4, 0.5) is 11.4 Å². The van der Waals surface area contributed by atoms with Crippen LogP contribution in [0.3, 0.4) is 0 Å². The molecule has 0 fully saturated rings. The van der Waals surface area contributed by atoms with Crippen molar-refractivity contribution in [3.8, 4) is 11.5 Å². The van der Waals surface area contributed by atoms with Gasteiger partial charge in [-0.15, -0.1) is 0 Å². The van der Waals surface area contributed by atoms with Crippen LogP contribution in [0.5, 0.6) is 11.5 Å². The van der Waals surface area contributed by atoms with E-state index >= 15 is 0 Å². The maximum absolute atomic E-state index is 13.7. The number of hydrogen-bond acceptors (Lipinski definition) is 5. The third-order valence-electron chi connectivity index (χ3n) is 5.62. The molecule has 0 aliphatic heterocycles. The largest absolute Gasteiger partial charge is 0.497 e. The molecule has 0 radical (unpaired) electrons. The van der Waals surface area contributed by atoms with Crippen molar-refractivity contribution in [3.05, 3.63) is 90.5 Å². The van der Waals surface area contributed by atoms with Crippen LogP contribution < -0.4 is 19.1 Å². The van der Waals surface area contributed by atoms with Gasteiger partial charge in [0.1, 0.15) is 18.0 Å². The number of nitrogens with one attached hydrogen (secondary N) is 1. The van der Waals surface area contributed by atoms with E-state index in [2.05, 4.69) is 5.32 Å². The maximum Gasteiger partial charge on any atom is 0.264 e. The first-order valence-corrected chi connectivity index (χ1v) is 12.4. The molecule has 0 unspecified atom stereocenters. The van der Waals surface area contributed by atoms with E-state index < -0.39 is 22.5 Å². The number of benzene rings is 4. The Kier molecular flexibility index (Phi) is 6.93. The fourth-order valence-corrected chi connectivity index (χ4v) is 5.21. The van der Waals surface area contributed by atoms with Crippen molar-refractivity contribution in [2.24, 2.45) is 0 Å². The van der Waals surface area contributed by atoms with Crippen LogP contribution in [0.25, 0.3) is 10.8 Å². The van der Waals surface area contributed by atoms with Gasteiger partial charge in [-0.2, -0.15) is 0 Å². The summed E-state index contributed by atoms with van der Waals surface area (Å²) in [5.74, 6) is 0.270. The molecule has 8 heteroatoms. The smallest absolute Gasteiger partial charge is 0.264 e. The second-order valence-corrected chi connectivity index (χ2v) is 9.80. The van der Waals surface area contributed by atoms with Crippen LogP contribution in [0.2, 0.25) is 0 Å². The van der Waals surface area contributed by atoms with Crippen molar-refractivity contribution in [1.82, 2.24) is 0 Å². The Hall–Kier alpha value is -4.04. The average Bonchev–Trinajstić information content (AvgIpc) is 2.87. The molecule has 0 atom stereocenters. The van der Waals surface area contributed by atoms with Gasteiger partial charge in [-0.05, 0) is 42.6 Å². The molecule has 7 nitrogen and oxygen atoms in total. The molecule has 4 rings (SSSR count). The highest BCUT2D eigenvalue weighted by atomic mass is 32.2. The van der Waals surface area contributed by atoms with Gasteiger partial charge in [-0.3, -0.25) is 9.10 Å². The first-order valence-electron chi connectivity index (χ1n) is 10.9. The highest BCUT2D eigenvalue weighted by molar-refractivity contribution is 7.92. The Balaban J connectivity index is 1.74. The number of hydrogen-bond donors (Lipinski definition) is 1. The average molecular weight is 491 g/mol. The number of aryl methyl sites for hydroxylation is 1. The molecule has 1 amide bonds. The zero-order valence-corrected chi connectivity index (χ0v) is 20.5. The van der Waals surface area contributed by atoms with Gasteiger partial charge in [0.05, 0.1) is 24.8 Å². The normalized spacial score (nSPS) is 11.2. The molecule has 0 aliphatic rings. The molecule has 1 N–H and O–H groups in total. The first-order chi connectivity index (χ1) is 16.8. The van der Waals surface area contributed by atoms with E-state index in [0.29, 0.717) is 11.4 Å². The number of amides is 1. The molecular weight excluding hydrogens is 464 g/mol. The number of sulfonamides is 1. The predicted molar refractivity (Wildman–Crippen MR) is 138 cm³/mol. The van der Waals surface area contributed by atoms with Crippen molar-refractivity contribution < 1.29 is 22.7 Å². The molecule has 0 saturated carbocycles. The summed E-state index contributed by atoms with van der Waals surface area (Å²) in [6.45, 7) is 1.42. The van der Waals surface area contributed by atoms with E-state index in [1.54, 1.807) is 36.4 Å². The molecule has 0 heterocycles. The minimum absolute atomic E-state index is 0.0685. The van der Waals surface area contributed by atoms with Crippen molar-refractivity contribution in [3.63, 3.8) is 0 Å². The second-order valence-electron chi connectivity index (χ2n) is 7.94. The van der Waals surface area contributed by atoms with Crippen molar-refractivity contribution in [2.75, 3.05) is 30.4 Å². The zero-order chi connectivity index (χ0) is 25.0. The van der Waals surface area contributed by atoms with E-state index in [4.69, 9.17) is 9.47 Å². The monoisotopic (exact) mass is 490 g/mol. The molecule has 0 saturated heterocycles. The molecule has 0 spiro atoms. The Bertz CT molecular complexity index is 1460. The van der Waals surface area contributed by atoms with Gasteiger partial charge in [0.25, 0.3) is 10.0 Å². The van der Waals surface area contributed by atoms with Crippen LogP contribution in [0, 0.1) is 6.92 Å². The predicted octanol–water partition coefficient (Wildman–Crippen LogP) is 5.00. The molecule has 0 bridgehead atoms. The van der Waals surface area contributed by atoms with Crippen molar-refractivity contribution >= 4 is 38.1 Å². The third-order valence-corrected chi connectivity index (χ3v) is 7.39. The minimum Gasteiger partial charge on any atom is -0.497 e. The van der Waals surface area contributed by atoms with Gasteiger partial charge < -0.3 is 14.8 Å². The number of ether oxygens (including phenoxy) is 2. The minimum atomic E-state index is -4.10. The van der Waals surface area contributed by atoms with Crippen molar-refractivity contribution in [1.29, 1.82) is 0 Å². The van der Waals surface area contributed by atoms with Crippen LogP contribution in [-0.2, 0) is 14.8 Å². The Morgan fingerprint density at radius 3 is 2.31 bits per heavy atom. The molecule has 4 aromatic rings. The Morgan fingerprint density at radius 2 is 1.60 bits per heavy atom. The zero-order valence-electron chi connectivity index (χ0n) is 19.7. The number of fused-ring (bicyclic) bond motifs is 1. The summed E-state index contributed by atoms with van der Waals surface area (Å²) >= 11 is 0. The lowest BCUT2D eigenvalue weighted by Gasteiger charge is -2.26. The van der Waals surface area contributed by atoms with E-state index in [1.165, 1.54) is 26.4 Å². The van der Waals surface area contributed by atoms with E-state index in [-0.39, 0.29) is 16.3 Å². The van der Waals surface area contributed by atoms with Gasteiger partial charge >= 0.3 is 0 Å². The number of nitrogens with zero attached hydrogens (tertiary/aromatic N) is 1. The lowest BCUT2D eigenvalue weighted by Crippen LogP contribution is -2.38. The Morgan fingerprint density at radius 1 is 0.886 bits per heavy atom. The van der Waals surface area contributed by atoms with Crippen LogP contribution in [0.1, 0.15) is 5.56 Å². The standard InChI is InChI=1S/C27H26N2O5S/c1-19-11-14-22(15-12-19)35(31,32)29(25-16-13-21(33-2)17-26(25)34-3)18-27(30)28-24-10-6-8-20-7-4-5-9-23(20)24/h4-17H,18H2,1-3H3,(H,28,30). The number of rotatable bonds is 8. The SMILES string of the molecule is COc1ccc(N(CC(=O)Nc2cccc3ccccc23)S(=O)(=O)c2ccc(C)cc2)c(OC)c1. The third kappa shape index (κ3) is 5.07. The number of carbonyl (C=O) groups is 1. The van der Waals surface area contributed by atoms with Crippen LogP contribution in [0.15, 0.2) is 89.8 Å². The van der Waals surface area contributed by atoms with Gasteiger partial charge in [0, 0.05) is 17.1 Å². The van der Waals surface area contributed by atoms with Crippen LogP contribution in [-0.4, -0.2) is 35.1 Å². The topological polar surface area (TPSA) is 84.9 Å². The highest BCUT2D eigenvalue weighted by Crippen LogP contribution is 2.35. The summed E-state index contributed by atoms with van der Waals surface area (Å²) in [7, 11) is -1.16. The number of carbonyl (C=O) groups excluding carboxylic acids is 1. The van der Waals surface area contributed by atoms with Crippen molar-refractivity contribution in [2.45, 2.75) is 11.8 Å². The molecule has 35 heavy (non-hydrogen) atoms.